The van der Waals surface area contributed by atoms with Gasteiger partial charge in [0, 0.05) is 0 Å². The molecule has 0 atom stereocenters. The van der Waals surface area contributed by atoms with Gasteiger partial charge in [0.2, 0.25) is 10.0 Å². The van der Waals surface area contributed by atoms with Crippen LogP contribution in [0.5, 0.6) is 0 Å². The minimum Gasteiger partial charge on any atom is -0.394 e. The van der Waals surface area contributed by atoms with E-state index in [-0.39, 0.29) is 5.25 Å². The second kappa shape index (κ2) is 5.44. The third kappa shape index (κ3) is 3.41. The number of nitrogens with one attached hydrogen (secondary N) is 1. The first-order chi connectivity index (χ1) is 7.43. The normalized spacial score (nSPS) is 19.9. The molecular formula is C10H21NO4S. The summed E-state index contributed by atoms with van der Waals surface area (Å²) in [6.45, 7) is 0.679. The lowest BCUT2D eigenvalue weighted by Crippen LogP contribution is -2.54. The van der Waals surface area contributed by atoms with Gasteiger partial charge >= 0.3 is 0 Å². The molecule has 0 aromatic carbocycles. The lowest BCUT2D eigenvalue weighted by Gasteiger charge is -2.30. The van der Waals surface area contributed by atoms with Crippen LogP contribution < -0.4 is 4.72 Å². The highest BCUT2D eigenvalue weighted by atomic mass is 32.2. The maximum absolute atomic E-state index is 12.0. The van der Waals surface area contributed by atoms with Gasteiger partial charge in [-0.2, -0.15) is 0 Å². The second-order valence-corrected chi connectivity index (χ2v) is 6.74. The average molecular weight is 251 g/mol. The zero-order valence-corrected chi connectivity index (χ0v) is 10.5. The quantitative estimate of drug-likeness (QED) is 0.641. The molecule has 96 valence electrons. The fourth-order valence-corrected chi connectivity index (χ4v) is 3.85. The van der Waals surface area contributed by atoms with Crippen molar-refractivity contribution in [3.05, 3.63) is 0 Å². The predicted octanol–water partition coefficient (Wildman–Crippen LogP) is -0.0182. The molecule has 1 saturated carbocycles. The third-order valence-corrected chi connectivity index (χ3v) is 5.20. The molecule has 0 amide bonds. The van der Waals surface area contributed by atoms with E-state index in [0.29, 0.717) is 12.8 Å². The van der Waals surface area contributed by atoms with E-state index in [1.54, 1.807) is 0 Å². The Hall–Kier alpha value is -0.170. The molecule has 1 rings (SSSR count). The van der Waals surface area contributed by atoms with Crippen LogP contribution in [-0.4, -0.2) is 42.6 Å². The number of hydrogen-bond donors (Lipinski definition) is 3. The fourth-order valence-electron chi connectivity index (χ4n) is 1.92. The van der Waals surface area contributed by atoms with Gasteiger partial charge in [-0.25, -0.2) is 13.1 Å². The van der Waals surface area contributed by atoms with E-state index < -0.39 is 28.8 Å². The van der Waals surface area contributed by atoms with Crippen molar-refractivity contribution in [2.75, 3.05) is 13.2 Å². The van der Waals surface area contributed by atoms with E-state index in [1.807, 2.05) is 0 Å². The molecule has 0 heterocycles. The van der Waals surface area contributed by atoms with E-state index in [4.69, 9.17) is 10.2 Å². The molecule has 1 aliphatic carbocycles. The summed E-state index contributed by atoms with van der Waals surface area (Å²) in [6, 6.07) is 0. The molecule has 0 unspecified atom stereocenters. The highest BCUT2D eigenvalue weighted by Gasteiger charge is 2.34. The summed E-state index contributed by atoms with van der Waals surface area (Å²) in [7, 11) is -3.44. The Balaban J connectivity index is 2.70. The van der Waals surface area contributed by atoms with Crippen molar-refractivity contribution in [2.24, 2.45) is 0 Å². The van der Waals surface area contributed by atoms with Gasteiger partial charge in [0.1, 0.15) is 0 Å². The standard InChI is InChI=1S/C10H21NO4S/c1-10(7-12,8-13)11-16(14,15)9-5-3-2-4-6-9/h9,11-13H,2-8H2,1H3. The summed E-state index contributed by atoms with van der Waals surface area (Å²) in [6.07, 6.45) is 4.29. The molecule has 0 aliphatic heterocycles. The molecule has 5 nitrogen and oxygen atoms in total. The lowest BCUT2D eigenvalue weighted by molar-refractivity contribution is 0.121. The molecule has 3 N–H and O–H groups in total. The zero-order valence-electron chi connectivity index (χ0n) is 9.65. The Labute approximate surface area is 96.9 Å². The number of hydrogen-bond acceptors (Lipinski definition) is 4. The first kappa shape index (κ1) is 13.9. The molecule has 0 aromatic heterocycles. The molecule has 0 aromatic rings. The Morgan fingerprint density at radius 1 is 1.19 bits per heavy atom. The van der Waals surface area contributed by atoms with Gasteiger partial charge in [-0.15, -0.1) is 0 Å². The summed E-state index contributed by atoms with van der Waals surface area (Å²) in [4.78, 5) is 0. The smallest absolute Gasteiger partial charge is 0.215 e. The molecule has 0 bridgehead atoms. The van der Waals surface area contributed by atoms with E-state index in [1.165, 1.54) is 6.92 Å². The third-order valence-electron chi connectivity index (χ3n) is 3.08. The van der Waals surface area contributed by atoms with Crippen molar-refractivity contribution < 1.29 is 18.6 Å². The molecule has 0 spiro atoms. The fraction of sp³-hybridized carbons (Fsp3) is 1.00. The van der Waals surface area contributed by atoms with E-state index >= 15 is 0 Å². The molecule has 0 radical (unpaired) electrons. The van der Waals surface area contributed by atoms with Crippen LogP contribution in [0.1, 0.15) is 39.0 Å². The van der Waals surface area contributed by atoms with Crippen LogP contribution in [-0.2, 0) is 10.0 Å². The zero-order chi connectivity index (χ0) is 12.2. The van der Waals surface area contributed by atoms with Gasteiger partial charge < -0.3 is 10.2 Å². The Morgan fingerprint density at radius 2 is 1.69 bits per heavy atom. The Morgan fingerprint density at radius 3 is 2.12 bits per heavy atom. The number of sulfonamides is 1. The second-order valence-electron chi connectivity index (χ2n) is 4.78. The first-order valence-electron chi connectivity index (χ1n) is 5.68. The lowest BCUT2D eigenvalue weighted by atomic mass is 10.0. The average Bonchev–Trinajstić information content (AvgIpc) is 2.29. The van der Waals surface area contributed by atoms with Crippen LogP contribution in [0.25, 0.3) is 0 Å². The topological polar surface area (TPSA) is 86.6 Å². The highest BCUT2D eigenvalue weighted by molar-refractivity contribution is 7.90. The number of aliphatic hydroxyl groups is 2. The highest BCUT2D eigenvalue weighted by Crippen LogP contribution is 2.24. The molecule has 16 heavy (non-hydrogen) atoms. The maximum Gasteiger partial charge on any atom is 0.215 e. The summed E-state index contributed by atoms with van der Waals surface area (Å²) in [5, 5.41) is 17.7. The SMILES string of the molecule is CC(CO)(CO)NS(=O)(=O)C1CCCCC1. The molecule has 1 aliphatic rings. The Bertz CT molecular complexity index is 305. The van der Waals surface area contributed by atoms with Crippen molar-refractivity contribution in [1.29, 1.82) is 0 Å². The predicted molar refractivity (Wildman–Crippen MR) is 61.5 cm³/mol. The minimum absolute atomic E-state index is 0.376. The van der Waals surface area contributed by atoms with E-state index in [0.717, 1.165) is 19.3 Å². The molecular weight excluding hydrogens is 230 g/mol. The summed E-state index contributed by atoms with van der Waals surface area (Å²) in [5.74, 6) is 0. The van der Waals surface area contributed by atoms with Gasteiger partial charge in [-0.05, 0) is 19.8 Å². The van der Waals surface area contributed by atoms with Crippen LogP contribution in [0.3, 0.4) is 0 Å². The maximum atomic E-state index is 12.0. The van der Waals surface area contributed by atoms with Gasteiger partial charge in [-0.1, -0.05) is 19.3 Å². The van der Waals surface area contributed by atoms with Crippen LogP contribution >= 0.6 is 0 Å². The largest absolute Gasteiger partial charge is 0.394 e. The minimum atomic E-state index is -3.44. The molecule has 6 heteroatoms. The summed E-state index contributed by atoms with van der Waals surface area (Å²) in [5.41, 5.74) is -1.16. The van der Waals surface area contributed by atoms with E-state index in [2.05, 4.69) is 4.72 Å². The van der Waals surface area contributed by atoms with Crippen molar-refractivity contribution in [1.82, 2.24) is 4.72 Å². The van der Waals surface area contributed by atoms with Crippen molar-refractivity contribution in [2.45, 2.75) is 49.8 Å². The number of rotatable bonds is 5. The summed E-state index contributed by atoms with van der Waals surface area (Å²) >= 11 is 0. The Kier molecular flexibility index (Phi) is 4.73. The van der Waals surface area contributed by atoms with Gasteiger partial charge in [0.05, 0.1) is 24.0 Å². The van der Waals surface area contributed by atoms with Crippen LogP contribution in [0, 0.1) is 0 Å². The van der Waals surface area contributed by atoms with Crippen molar-refractivity contribution >= 4 is 10.0 Å². The first-order valence-corrected chi connectivity index (χ1v) is 7.23. The van der Waals surface area contributed by atoms with Gasteiger partial charge in [0.25, 0.3) is 0 Å². The molecule has 0 saturated heterocycles. The van der Waals surface area contributed by atoms with Crippen LogP contribution in [0.4, 0.5) is 0 Å². The van der Waals surface area contributed by atoms with E-state index in [9.17, 15) is 8.42 Å². The number of aliphatic hydroxyl groups excluding tert-OH is 2. The summed E-state index contributed by atoms with van der Waals surface area (Å²) < 4.78 is 26.4. The monoisotopic (exact) mass is 251 g/mol. The van der Waals surface area contributed by atoms with Crippen LogP contribution in [0.15, 0.2) is 0 Å². The van der Waals surface area contributed by atoms with Crippen LogP contribution in [0.2, 0.25) is 0 Å². The van der Waals surface area contributed by atoms with Crippen molar-refractivity contribution in [3.63, 3.8) is 0 Å². The van der Waals surface area contributed by atoms with Gasteiger partial charge in [0.15, 0.2) is 0 Å². The van der Waals surface area contributed by atoms with Crippen molar-refractivity contribution in [3.8, 4) is 0 Å². The molecule has 1 fully saturated rings. The van der Waals surface area contributed by atoms with Gasteiger partial charge in [-0.3, -0.25) is 0 Å².